The van der Waals surface area contributed by atoms with Gasteiger partial charge in [0.1, 0.15) is 5.41 Å². The predicted octanol–water partition coefficient (Wildman–Crippen LogP) is 1.62. The van der Waals surface area contributed by atoms with E-state index in [4.69, 9.17) is 0 Å². The molecular formula is C12H20N2O3S. The molecule has 1 saturated heterocycles. The molecule has 102 valence electrons. The minimum absolute atomic E-state index is 0.345. The summed E-state index contributed by atoms with van der Waals surface area (Å²) in [6, 6.07) is -0.580. The van der Waals surface area contributed by atoms with Crippen LogP contribution in [0, 0.1) is 5.41 Å². The number of amides is 4. The van der Waals surface area contributed by atoms with E-state index in [2.05, 4.69) is 5.32 Å². The Bertz CT molecular complexity index is 353. The summed E-state index contributed by atoms with van der Waals surface area (Å²) in [5, 5.41) is 2.30. The van der Waals surface area contributed by atoms with Crippen LogP contribution in [0.15, 0.2) is 0 Å². The highest BCUT2D eigenvalue weighted by Gasteiger charge is 2.51. The zero-order valence-electron chi connectivity index (χ0n) is 11.1. The van der Waals surface area contributed by atoms with Crippen LogP contribution >= 0.6 is 11.8 Å². The van der Waals surface area contributed by atoms with Crippen LogP contribution in [-0.4, -0.2) is 41.3 Å². The molecule has 0 aromatic heterocycles. The maximum atomic E-state index is 12.4. The van der Waals surface area contributed by atoms with Crippen LogP contribution in [0.3, 0.4) is 0 Å². The van der Waals surface area contributed by atoms with E-state index in [1.165, 1.54) is 4.90 Å². The maximum Gasteiger partial charge on any atom is 0.330 e. The Kier molecular flexibility index (Phi) is 5.19. The van der Waals surface area contributed by atoms with Gasteiger partial charge in [0.2, 0.25) is 11.8 Å². The fourth-order valence-electron chi connectivity index (χ4n) is 2.18. The van der Waals surface area contributed by atoms with Gasteiger partial charge < -0.3 is 0 Å². The number of thioether (sulfide) groups is 1. The summed E-state index contributed by atoms with van der Waals surface area (Å²) >= 11 is 1.67. The third kappa shape index (κ3) is 2.53. The molecule has 0 atom stereocenters. The van der Waals surface area contributed by atoms with Gasteiger partial charge in [0, 0.05) is 6.54 Å². The normalized spacial score (nSPS) is 19.1. The maximum absolute atomic E-state index is 12.4. The molecule has 0 saturated carbocycles. The molecule has 1 fully saturated rings. The number of rotatable bonds is 6. The summed E-state index contributed by atoms with van der Waals surface area (Å²) in [5.41, 5.74) is -1.06. The van der Waals surface area contributed by atoms with E-state index in [9.17, 15) is 14.4 Å². The topological polar surface area (TPSA) is 66.5 Å². The minimum Gasteiger partial charge on any atom is -0.277 e. The van der Waals surface area contributed by atoms with Crippen molar-refractivity contribution in [1.82, 2.24) is 10.2 Å². The molecule has 0 radical (unpaired) electrons. The Hall–Kier alpha value is -1.04. The van der Waals surface area contributed by atoms with Crippen molar-refractivity contribution in [2.24, 2.45) is 5.41 Å². The summed E-state index contributed by atoms with van der Waals surface area (Å²) in [6.45, 7) is 3.98. The molecule has 0 bridgehead atoms. The van der Waals surface area contributed by atoms with Crippen LogP contribution in [0.5, 0.6) is 0 Å². The van der Waals surface area contributed by atoms with Crippen molar-refractivity contribution in [2.45, 2.75) is 33.1 Å². The number of nitrogens with one attached hydrogen (secondary N) is 1. The molecule has 5 nitrogen and oxygen atoms in total. The first-order chi connectivity index (χ1) is 8.53. The lowest BCUT2D eigenvalue weighted by molar-refractivity contribution is -0.152. The van der Waals surface area contributed by atoms with Gasteiger partial charge in [0.05, 0.1) is 0 Å². The Morgan fingerprint density at radius 2 is 1.83 bits per heavy atom. The van der Waals surface area contributed by atoms with Crippen LogP contribution in [0.2, 0.25) is 0 Å². The number of barbiturate groups is 1. The van der Waals surface area contributed by atoms with Gasteiger partial charge in [-0.3, -0.25) is 19.8 Å². The molecule has 4 amide bonds. The molecule has 0 aromatic carbocycles. The van der Waals surface area contributed by atoms with E-state index in [0.29, 0.717) is 19.4 Å². The predicted molar refractivity (Wildman–Crippen MR) is 71.3 cm³/mol. The van der Waals surface area contributed by atoms with E-state index in [1.54, 1.807) is 25.6 Å². The molecule has 18 heavy (non-hydrogen) atoms. The van der Waals surface area contributed by atoms with Crippen LogP contribution in [-0.2, 0) is 9.59 Å². The quantitative estimate of drug-likeness (QED) is 0.589. The number of urea groups is 1. The number of carbonyl (C=O) groups is 3. The zero-order chi connectivity index (χ0) is 13.8. The lowest BCUT2D eigenvalue weighted by Gasteiger charge is -2.38. The van der Waals surface area contributed by atoms with Crippen LogP contribution in [0.4, 0.5) is 4.79 Å². The summed E-state index contributed by atoms with van der Waals surface area (Å²) in [7, 11) is 0. The van der Waals surface area contributed by atoms with Crippen LogP contribution in [0.25, 0.3) is 0 Å². The summed E-state index contributed by atoms with van der Waals surface area (Å²) < 4.78 is 0. The molecule has 1 aliphatic rings. The Morgan fingerprint density at radius 1 is 1.22 bits per heavy atom. The van der Waals surface area contributed by atoms with Crippen molar-refractivity contribution in [1.29, 1.82) is 0 Å². The smallest absolute Gasteiger partial charge is 0.277 e. The van der Waals surface area contributed by atoms with E-state index in [1.807, 2.05) is 6.26 Å². The van der Waals surface area contributed by atoms with Gasteiger partial charge in [0.15, 0.2) is 0 Å². The fourth-order valence-corrected chi connectivity index (χ4v) is 2.59. The largest absolute Gasteiger partial charge is 0.330 e. The molecule has 0 unspecified atom stereocenters. The van der Waals surface area contributed by atoms with Gasteiger partial charge in [-0.25, -0.2) is 4.79 Å². The SMILES string of the molecule is CCC1(CC)C(=O)NC(=O)N(CCCSC)C1=O. The molecule has 0 aliphatic carbocycles. The standard InChI is InChI=1S/C12H20N2O3S/c1-4-12(5-2)9(15)13-11(17)14(10(12)16)7-6-8-18-3/h4-8H2,1-3H3,(H,13,15,17). The summed E-state index contributed by atoms with van der Waals surface area (Å²) in [6.07, 6.45) is 3.56. The van der Waals surface area contributed by atoms with Crippen molar-refractivity contribution >= 4 is 29.6 Å². The third-order valence-electron chi connectivity index (χ3n) is 3.49. The number of nitrogens with zero attached hydrogens (tertiary/aromatic N) is 1. The molecule has 0 spiro atoms. The van der Waals surface area contributed by atoms with E-state index in [0.717, 1.165) is 12.2 Å². The van der Waals surface area contributed by atoms with Crippen molar-refractivity contribution < 1.29 is 14.4 Å². The fraction of sp³-hybridized carbons (Fsp3) is 0.750. The second-order valence-electron chi connectivity index (χ2n) is 4.35. The van der Waals surface area contributed by atoms with Gasteiger partial charge in [-0.2, -0.15) is 11.8 Å². The van der Waals surface area contributed by atoms with E-state index < -0.39 is 17.4 Å². The van der Waals surface area contributed by atoms with Gasteiger partial charge in [-0.15, -0.1) is 0 Å². The van der Waals surface area contributed by atoms with Crippen molar-refractivity contribution in [3.05, 3.63) is 0 Å². The lowest BCUT2D eigenvalue weighted by atomic mass is 9.78. The zero-order valence-corrected chi connectivity index (χ0v) is 11.9. The Balaban J connectivity index is 2.88. The highest BCUT2D eigenvalue weighted by Crippen LogP contribution is 2.32. The minimum atomic E-state index is -1.06. The first-order valence-electron chi connectivity index (χ1n) is 6.19. The Morgan fingerprint density at radius 3 is 2.33 bits per heavy atom. The average Bonchev–Trinajstić information content (AvgIpc) is 2.35. The van der Waals surface area contributed by atoms with E-state index >= 15 is 0 Å². The monoisotopic (exact) mass is 272 g/mol. The van der Waals surface area contributed by atoms with Gasteiger partial charge in [-0.05, 0) is 31.3 Å². The molecule has 1 rings (SSSR count). The van der Waals surface area contributed by atoms with Crippen LogP contribution < -0.4 is 5.32 Å². The lowest BCUT2D eigenvalue weighted by Crippen LogP contribution is -2.63. The van der Waals surface area contributed by atoms with Gasteiger partial charge in [-0.1, -0.05) is 13.8 Å². The highest BCUT2D eigenvalue weighted by molar-refractivity contribution is 7.98. The third-order valence-corrected chi connectivity index (χ3v) is 4.19. The van der Waals surface area contributed by atoms with Crippen molar-refractivity contribution in [3.8, 4) is 0 Å². The highest BCUT2D eigenvalue weighted by atomic mass is 32.2. The first-order valence-corrected chi connectivity index (χ1v) is 7.59. The second-order valence-corrected chi connectivity index (χ2v) is 5.34. The molecule has 1 aliphatic heterocycles. The molecular weight excluding hydrogens is 252 g/mol. The van der Waals surface area contributed by atoms with E-state index in [-0.39, 0.29) is 5.91 Å². The molecule has 0 aromatic rings. The molecule has 6 heteroatoms. The molecule has 1 heterocycles. The number of hydrogen-bond donors (Lipinski definition) is 1. The second kappa shape index (κ2) is 6.22. The van der Waals surface area contributed by atoms with Gasteiger partial charge >= 0.3 is 6.03 Å². The summed E-state index contributed by atoms with van der Waals surface area (Å²) in [5.74, 6) is 0.0851. The average molecular weight is 272 g/mol. The molecule has 1 N–H and O–H groups in total. The van der Waals surface area contributed by atoms with Crippen molar-refractivity contribution in [2.75, 3.05) is 18.6 Å². The Labute approximate surface area is 112 Å². The number of carbonyl (C=O) groups excluding carboxylic acids is 3. The number of imide groups is 2. The summed E-state index contributed by atoms with van der Waals surface area (Å²) in [4.78, 5) is 37.1. The first kappa shape index (κ1) is 15.0. The van der Waals surface area contributed by atoms with Gasteiger partial charge in [0.25, 0.3) is 0 Å². The van der Waals surface area contributed by atoms with Crippen molar-refractivity contribution in [3.63, 3.8) is 0 Å². The number of hydrogen-bond acceptors (Lipinski definition) is 4. The van der Waals surface area contributed by atoms with Crippen LogP contribution in [0.1, 0.15) is 33.1 Å².